The largest absolute Gasteiger partial charge is 0.394 e. The average Bonchev–Trinajstić information content (AvgIpc) is 1.46. The van der Waals surface area contributed by atoms with Crippen LogP contribution in [0.2, 0.25) is 0 Å². The zero-order chi connectivity index (χ0) is 63.4. The van der Waals surface area contributed by atoms with Crippen LogP contribution in [0, 0.1) is 0 Å². The number of ether oxygens (including phenoxy) is 14. The summed E-state index contributed by atoms with van der Waals surface area (Å²) in [5.74, 6) is 0. The van der Waals surface area contributed by atoms with Crippen LogP contribution in [0.15, 0.2) is 0 Å². The fourth-order valence-corrected chi connectivity index (χ4v) is 12.1. The number of hydrogen-bond acceptors (Lipinski definition) is 39. The molecule has 0 aromatic carbocycles. The van der Waals surface area contributed by atoms with Gasteiger partial charge in [-0.2, -0.15) is 0 Å². The molecule has 0 saturated carbocycles. The monoisotopic (exact) mass is 1280 g/mol. The third kappa shape index (κ3) is 14.0. The number of β-amino-alcohol motifs (C(OH)–C–C–N with tert-alkyl or cyclic N) is 2. The van der Waals surface area contributed by atoms with E-state index in [4.69, 9.17) is 66.3 Å². The van der Waals surface area contributed by atoms with Crippen molar-refractivity contribution in [3.05, 3.63) is 0 Å². The van der Waals surface area contributed by atoms with Gasteiger partial charge in [-0.3, -0.25) is 4.90 Å². The maximum absolute atomic E-state index is 11.9. The minimum absolute atomic E-state index is 0.530. The Labute approximate surface area is 491 Å². The second-order valence-corrected chi connectivity index (χ2v) is 22.8. The molecule has 0 aromatic rings. The van der Waals surface area contributed by atoms with Gasteiger partial charge < -0.3 is 189 Å². The van der Waals surface area contributed by atoms with Gasteiger partial charge in [0.25, 0.3) is 0 Å². The molecule has 506 valence electrons. The van der Waals surface area contributed by atoms with E-state index in [1.807, 2.05) is 0 Å². The predicted molar refractivity (Wildman–Crippen MR) is 262 cm³/mol. The Morgan fingerprint density at radius 2 is 0.368 bits per heavy atom. The lowest BCUT2D eigenvalue weighted by Gasteiger charge is -2.50. The lowest BCUT2D eigenvalue weighted by Crippen LogP contribution is -2.68. The van der Waals surface area contributed by atoms with E-state index in [1.54, 1.807) is 0 Å². The number of likely N-dealkylation sites (tertiary alicyclic amines) is 1. The van der Waals surface area contributed by atoms with Crippen LogP contribution in [0.25, 0.3) is 0 Å². The number of hydrogen-bond donors (Lipinski definition) is 24. The lowest BCUT2D eigenvalue weighted by atomic mass is 9.95. The van der Waals surface area contributed by atoms with E-state index in [2.05, 4.69) is 0 Å². The van der Waals surface area contributed by atoms with Crippen molar-refractivity contribution < 1.29 is 189 Å². The van der Waals surface area contributed by atoms with Gasteiger partial charge in [-0.1, -0.05) is 0 Å². The van der Waals surface area contributed by atoms with E-state index >= 15 is 0 Å². The lowest BCUT2D eigenvalue weighted by molar-refractivity contribution is -0.396. The molecule has 22 heterocycles. The van der Waals surface area contributed by atoms with Crippen molar-refractivity contribution in [3.8, 4) is 0 Å². The van der Waals surface area contributed by atoms with Crippen LogP contribution < -0.4 is 0 Å². The summed E-state index contributed by atoms with van der Waals surface area (Å²) in [7, 11) is 0. The highest BCUT2D eigenvalue weighted by atomic mass is 16.8. The van der Waals surface area contributed by atoms with Gasteiger partial charge in [-0.15, -0.1) is 0 Å². The van der Waals surface area contributed by atoms with Crippen LogP contribution in [0.5, 0.6) is 0 Å². The minimum atomic E-state index is -2.31. The Kier molecular flexibility index (Phi) is 23.6. The third-order valence-electron chi connectivity index (χ3n) is 17.1. The number of rotatable bonds is 8. The van der Waals surface area contributed by atoms with Crippen molar-refractivity contribution in [2.24, 2.45) is 0 Å². The topological polar surface area (TPSA) is 618 Å². The van der Waals surface area contributed by atoms with Crippen molar-refractivity contribution in [1.82, 2.24) is 4.90 Å². The van der Waals surface area contributed by atoms with Gasteiger partial charge in [0.05, 0.1) is 51.8 Å². The summed E-state index contributed by atoms with van der Waals surface area (Å²) >= 11 is 0. The van der Waals surface area contributed by atoms with Crippen LogP contribution >= 0.6 is 0 Å². The normalized spacial score (nSPS) is 55.2. The van der Waals surface area contributed by atoms with Crippen LogP contribution in [-0.2, 0) is 66.3 Å². The summed E-state index contributed by atoms with van der Waals surface area (Å²) < 4.78 is 81.0. The second kappa shape index (κ2) is 29.4. The Bertz CT molecular complexity index is 2110. The molecule has 0 aliphatic carbocycles. The molecule has 0 spiro atoms. The molecule has 14 bridgehead atoms. The van der Waals surface area contributed by atoms with Gasteiger partial charge in [0, 0.05) is 19.6 Å². The van der Waals surface area contributed by atoms with Gasteiger partial charge >= 0.3 is 0 Å². The van der Waals surface area contributed by atoms with Crippen molar-refractivity contribution in [1.29, 1.82) is 0 Å². The van der Waals surface area contributed by atoms with Crippen LogP contribution in [-0.4, -0.2) is 426 Å². The molecule has 39 nitrogen and oxygen atoms in total. The summed E-state index contributed by atoms with van der Waals surface area (Å²) in [5, 5.41) is 266. The predicted octanol–water partition coefficient (Wildman–Crippen LogP) is -17.5. The Morgan fingerprint density at radius 1 is 0.207 bits per heavy atom. The fraction of sp³-hybridized carbons (Fsp3) is 1.00. The van der Waals surface area contributed by atoms with Gasteiger partial charge in [0.2, 0.25) is 0 Å². The summed E-state index contributed by atoms with van der Waals surface area (Å²) in [6.07, 6.45) is -79.6. The van der Waals surface area contributed by atoms with E-state index in [1.165, 1.54) is 4.90 Å². The standard InChI is InChI=1S/C48H81NO38/c50-4-13-36-23(62)30(69)44(76-13)84-38-15(6-52)78-46(32(71)25(38)64)86-40-17(8-54)80-48(34(73)27(40)66)87-41-18(9-55)79-47(33(72)26(41)65)85-39-16(7-53)77-45(31(70)24(39)63)83-37-14(5-51)75-43(29(68)22(37)61)81-35-12(74-42(82-36)28(67)21(35)60)3-49-1-10(56)19(58)20(59)11(57)2-49/h10-48,50-73H,1-9H2/t10-,11+,12-,13+,14-,15+,16-,17+,18-,19+,20-,21+,22+,23+,24+,25-,26+,27+,28+,29+,30-,31+,32-,33+,34+,35+,36+,37+,38+,39+,40+,41+,42+,43+,44+,45+,46+,47+,48+/m0/s1. The Balaban J connectivity index is 1.03. The number of nitrogens with zero attached hydrogens (tertiary/aromatic N) is 1. The van der Waals surface area contributed by atoms with E-state index in [9.17, 15) is 123 Å². The minimum Gasteiger partial charge on any atom is -0.394 e. The van der Waals surface area contributed by atoms with Gasteiger partial charge in [0.15, 0.2) is 44.0 Å². The van der Waals surface area contributed by atoms with Crippen LogP contribution in [0.3, 0.4) is 0 Å². The zero-order valence-corrected chi connectivity index (χ0v) is 45.8. The quantitative estimate of drug-likeness (QED) is 0.107. The smallest absolute Gasteiger partial charge is 0.187 e. The highest BCUT2D eigenvalue weighted by Crippen LogP contribution is 2.39. The summed E-state index contributed by atoms with van der Waals surface area (Å²) in [6, 6.07) is 0. The molecule has 22 aliphatic heterocycles. The van der Waals surface area contributed by atoms with Crippen molar-refractivity contribution in [2.75, 3.05) is 59.3 Å². The summed E-state index contributed by atoms with van der Waals surface area (Å²) in [6.45, 7) is -8.20. The van der Waals surface area contributed by atoms with E-state index in [0.29, 0.717) is 0 Å². The first-order valence-corrected chi connectivity index (χ1v) is 28.1. The second-order valence-electron chi connectivity index (χ2n) is 22.8. The van der Waals surface area contributed by atoms with Gasteiger partial charge in [-0.05, 0) is 0 Å². The Hall–Kier alpha value is -1.56. The molecule has 0 unspecified atom stereocenters. The van der Waals surface area contributed by atoms with Crippen molar-refractivity contribution in [3.63, 3.8) is 0 Å². The molecular formula is C48H81NO38. The molecule has 22 aliphatic rings. The van der Waals surface area contributed by atoms with Crippen LogP contribution in [0.1, 0.15) is 0 Å². The molecule has 0 amide bonds. The molecule has 22 saturated heterocycles. The molecular weight excluding hydrogens is 1200 g/mol. The maximum Gasteiger partial charge on any atom is 0.187 e. The molecule has 0 radical (unpaired) electrons. The number of aliphatic hydroxyl groups excluding tert-OH is 24. The zero-order valence-electron chi connectivity index (χ0n) is 45.8. The molecule has 39 atom stereocenters. The van der Waals surface area contributed by atoms with E-state index in [-0.39, 0.29) is 0 Å². The van der Waals surface area contributed by atoms with E-state index < -0.39 is 299 Å². The Morgan fingerprint density at radius 3 is 0.540 bits per heavy atom. The first kappa shape index (κ1) is 69.8. The molecule has 24 N–H and O–H groups in total. The maximum atomic E-state index is 11.9. The van der Waals surface area contributed by atoms with Gasteiger partial charge in [0.1, 0.15) is 183 Å². The highest BCUT2D eigenvalue weighted by Gasteiger charge is 2.60. The van der Waals surface area contributed by atoms with Crippen LogP contribution in [0.4, 0.5) is 0 Å². The number of aliphatic hydroxyl groups is 24. The SMILES string of the molecule is OC[C@@H]1O[C@@H]2O[C@H]3[C@H](O)[C@@H](O)[C@@H](O[C@H]4[C@H](O)[C@H](O)[C@@H](O[C@H]5[C@@H](O)[C@H](O)[C@@H](O[C@H]6[C@H](O)[C@@H](O)[C@@H](O[C@H]7[C@H](O)[C@@H](O)[C@@H](O[C@H]8[C@H](O)[C@@H](O)[C@@H](O[C@H]1[C@H](O)[C@H]2O)O[C@H]8CO)O[C@H]7CO)O[C@@H]6CO)O[C@@H]5CO)O[C@@H]4CO)O[C@H]3CN1C[C@@H](O)[C@H](O)[C@H](O)[C@@H](O)C1. The van der Waals surface area contributed by atoms with E-state index in [0.717, 1.165) is 0 Å². The molecule has 22 fully saturated rings. The average molecular weight is 1280 g/mol. The third-order valence-corrected chi connectivity index (χ3v) is 17.1. The first-order chi connectivity index (χ1) is 41.3. The van der Waals surface area contributed by atoms with Crippen molar-refractivity contribution in [2.45, 2.75) is 239 Å². The fourth-order valence-electron chi connectivity index (χ4n) is 12.1. The molecule has 0 aromatic heterocycles. The van der Waals surface area contributed by atoms with Crippen molar-refractivity contribution >= 4 is 0 Å². The molecule has 87 heavy (non-hydrogen) atoms. The molecule has 22 rings (SSSR count). The van der Waals surface area contributed by atoms with Gasteiger partial charge in [-0.25, -0.2) is 0 Å². The summed E-state index contributed by atoms with van der Waals surface area (Å²) in [4.78, 5) is 1.19. The highest BCUT2D eigenvalue weighted by molar-refractivity contribution is 5.03. The summed E-state index contributed by atoms with van der Waals surface area (Å²) in [5.41, 5.74) is 0. The molecule has 39 heteroatoms. The first-order valence-electron chi connectivity index (χ1n) is 28.1.